The van der Waals surface area contributed by atoms with Crippen LogP contribution in [0.25, 0.3) is 11.1 Å². The minimum atomic E-state index is -0.263. The van der Waals surface area contributed by atoms with Crippen LogP contribution in [0.2, 0.25) is 0 Å². The van der Waals surface area contributed by atoms with E-state index in [1.165, 1.54) is 12.1 Å². The number of anilines is 1. The number of rotatable bonds is 3. The summed E-state index contributed by atoms with van der Waals surface area (Å²) in [6, 6.07) is 14.5. The van der Waals surface area contributed by atoms with E-state index in [4.69, 9.17) is 0 Å². The lowest BCUT2D eigenvalue weighted by Gasteiger charge is -2.35. The lowest BCUT2D eigenvalue weighted by atomic mass is 9.93. The number of nitriles is 1. The van der Waals surface area contributed by atoms with Crippen molar-refractivity contribution in [1.29, 1.82) is 5.26 Å². The molecular formula is C21H20FN5. The highest BCUT2D eigenvalue weighted by atomic mass is 19.1. The summed E-state index contributed by atoms with van der Waals surface area (Å²) in [4.78, 5) is 2.27. The molecule has 5 nitrogen and oxygen atoms in total. The fourth-order valence-corrected chi connectivity index (χ4v) is 3.86. The number of halogens is 1. The second kappa shape index (κ2) is 7.20. The average Bonchev–Trinajstić information content (AvgIpc) is 3.14. The highest BCUT2D eigenvalue weighted by Gasteiger charge is 2.26. The standard InChI is InChI=1S/C21H20FN5/c1-26-14-24-25-21(26)16-9-11-27(12-10-16)20-17(13-23)3-2-4-19(20)15-5-7-18(22)8-6-15/h2-8,14,16H,9-12H2,1H3. The van der Waals surface area contributed by atoms with Crippen molar-refractivity contribution in [3.8, 4) is 17.2 Å². The second-order valence-electron chi connectivity index (χ2n) is 6.88. The molecule has 0 saturated carbocycles. The molecule has 1 saturated heterocycles. The quantitative estimate of drug-likeness (QED) is 0.710. The van der Waals surface area contributed by atoms with E-state index in [9.17, 15) is 9.65 Å². The van der Waals surface area contributed by atoms with Crippen LogP contribution in [-0.4, -0.2) is 27.9 Å². The largest absolute Gasteiger partial charge is 0.370 e. The summed E-state index contributed by atoms with van der Waals surface area (Å²) in [5.74, 6) is 1.13. The SMILES string of the molecule is Cn1cnnc1C1CCN(c2c(C#N)cccc2-c2ccc(F)cc2)CC1. The van der Waals surface area contributed by atoms with E-state index in [1.54, 1.807) is 18.5 Å². The maximum absolute atomic E-state index is 13.3. The Labute approximate surface area is 157 Å². The summed E-state index contributed by atoms with van der Waals surface area (Å²) in [6.07, 6.45) is 3.64. The molecule has 136 valence electrons. The van der Waals surface area contributed by atoms with E-state index in [0.29, 0.717) is 11.5 Å². The summed E-state index contributed by atoms with van der Waals surface area (Å²) in [5.41, 5.74) is 3.46. The molecule has 6 heteroatoms. The zero-order valence-corrected chi connectivity index (χ0v) is 15.1. The van der Waals surface area contributed by atoms with Crippen LogP contribution in [0.5, 0.6) is 0 Å². The lowest BCUT2D eigenvalue weighted by Crippen LogP contribution is -2.34. The number of aryl methyl sites for hydroxylation is 1. The normalized spacial score (nSPS) is 14.9. The van der Waals surface area contributed by atoms with E-state index in [2.05, 4.69) is 21.2 Å². The van der Waals surface area contributed by atoms with Crippen LogP contribution in [0.4, 0.5) is 10.1 Å². The van der Waals surface area contributed by atoms with Crippen LogP contribution < -0.4 is 4.90 Å². The van der Waals surface area contributed by atoms with Crippen molar-refractivity contribution in [2.24, 2.45) is 7.05 Å². The van der Waals surface area contributed by atoms with Crippen molar-refractivity contribution < 1.29 is 4.39 Å². The smallest absolute Gasteiger partial charge is 0.135 e. The Morgan fingerprint density at radius 2 is 1.85 bits per heavy atom. The molecule has 1 aliphatic rings. The summed E-state index contributed by atoms with van der Waals surface area (Å²) in [5, 5.41) is 17.9. The van der Waals surface area contributed by atoms with Gasteiger partial charge in [-0.15, -0.1) is 10.2 Å². The Bertz CT molecular complexity index is 979. The maximum atomic E-state index is 13.3. The van der Waals surface area contributed by atoms with Gasteiger partial charge in [-0.05, 0) is 36.6 Å². The van der Waals surface area contributed by atoms with Gasteiger partial charge in [-0.1, -0.05) is 24.3 Å². The van der Waals surface area contributed by atoms with Gasteiger partial charge in [0.05, 0.1) is 11.3 Å². The van der Waals surface area contributed by atoms with E-state index in [1.807, 2.05) is 29.8 Å². The third-order valence-corrected chi connectivity index (χ3v) is 5.23. The fourth-order valence-electron chi connectivity index (χ4n) is 3.86. The molecule has 0 amide bonds. The first-order valence-electron chi connectivity index (χ1n) is 9.05. The molecule has 3 aromatic rings. The zero-order valence-electron chi connectivity index (χ0n) is 15.1. The number of hydrogen-bond donors (Lipinski definition) is 0. The van der Waals surface area contributed by atoms with Crippen LogP contribution in [0.1, 0.15) is 30.1 Å². The first-order chi connectivity index (χ1) is 13.2. The third kappa shape index (κ3) is 3.28. The highest BCUT2D eigenvalue weighted by molar-refractivity contribution is 5.83. The number of piperidine rings is 1. The van der Waals surface area contributed by atoms with E-state index < -0.39 is 0 Å². The molecule has 4 rings (SSSR count). The van der Waals surface area contributed by atoms with Crippen LogP contribution in [-0.2, 0) is 7.05 Å². The van der Waals surface area contributed by atoms with Crippen molar-refractivity contribution in [3.05, 3.63) is 66.0 Å². The molecule has 2 heterocycles. The molecular weight excluding hydrogens is 341 g/mol. The third-order valence-electron chi connectivity index (χ3n) is 5.23. The molecule has 0 N–H and O–H groups in total. The molecule has 1 aromatic heterocycles. The van der Waals surface area contributed by atoms with Crippen molar-refractivity contribution in [1.82, 2.24) is 14.8 Å². The van der Waals surface area contributed by atoms with E-state index in [0.717, 1.165) is 48.6 Å². The summed E-state index contributed by atoms with van der Waals surface area (Å²) in [7, 11) is 1.97. The molecule has 1 aliphatic heterocycles. The van der Waals surface area contributed by atoms with Crippen LogP contribution in [0.15, 0.2) is 48.8 Å². The van der Waals surface area contributed by atoms with Gasteiger partial charge in [-0.25, -0.2) is 4.39 Å². The minimum absolute atomic E-state index is 0.263. The Hall–Kier alpha value is -3.20. The first kappa shape index (κ1) is 17.2. The molecule has 0 bridgehead atoms. The van der Waals surface area contributed by atoms with Gasteiger partial charge in [0.15, 0.2) is 0 Å². The molecule has 0 aliphatic carbocycles. The number of hydrogen-bond acceptors (Lipinski definition) is 4. The van der Waals surface area contributed by atoms with Crippen LogP contribution in [0, 0.1) is 17.1 Å². The molecule has 0 atom stereocenters. The molecule has 0 spiro atoms. The predicted octanol–water partition coefficient (Wildman–Crippen LogP) is 3.88. The van der Waals surface area contributed by atoms with Crippen LogP contribution >= 0.6 is 0 Å². The Balaban J connectivity index is 1.65. The number of aromatic nitrogens is 3. The summed E-state index contributed by atoms with van der Waals surface area (Å²) < 4.78 is 15.3. The molecule has 0 radical (unpaired) electrons. The van der Waals surface area contributed by atoms with Gasteiger partial charge < -0.3 is 9.47 Å². The topological polar surface area (TPSA) is 57.7 Å². The maximum Gasteiger partial charge on any atom is 0.135 e. The van der Waals surface area contributed by atoms with Gasteiger partial charge >= 0.3 is 0 Å². The van der Waals surface area contributed by atoms with Crippen molar-refractivity contribution in [3.63, 3.8) is 0 Å². The number of benzene rings is 2. The van der Waals surface area contributed by atoms with E-state index in [-0.39, 0.29) is 5.82 Å². The first-order valence-corrected chi connectivity index (χ1v) is 9.05. The van der Waals surface area contributed by atoms with Gasteiger partial charge in [0.2, 0.25) is 0 Å². The van der Waals surface area contributed by atoms with Gasteiger partial charge in [0, 0.05) is 31.6 Å². The second-order valence-corrected chi connectivity index (χ2v) is 6.88. The zero-order chi connectivity index (χ0) is 18.8. The summed E-state index contributed by atoms with van der Waals surface area (Å²) >= 11 is 0. The number of para-hydroxylation sites is 1. The van der Waals surface area contributed by atoms with Gasteiger partial charge in [0.1, 0.15) is 24.0 Å². The number of nitrogens with zero attached hydrogens (tertiary/aromatic N) is 5. The molecule has 0 unspecified atom stereocenters. The molecule has 1 fully saturated rings. The minimum Gasteiger partial charge on any atom is -0.370 e. The Kier molecular flexibility index (Phi) is 4.59. The van der Waals surface area contributed by atoms with Crippen molar-refractivity contribution in [2.75, 3.05) is 18.0 Å². The summed E-state index contributed by atoms with van der Waals surface area (Å²) in [6.45, 7) is 1.68. The molecule has 2 aromatic carbocycles. The van der Waals surface area contributed by atoms with Crippen molar-refractivity contribution >= 4 is 5.69 Å². The Morgan fingerprint density at radius 3 is 2.48 bits per heavy atom. The predicted molar refractivity (Wildman–Crippen MR) is 102 cm³/mol. The van der Waals surface area contributed by atoms with Crippen LogP contribution in [0.3, 0.4) is 0 Å². The van der Waals surface area contributed by atoms with Gasteiger partial charge in [-0.2, -0.15) is 5.26 Å². The highest BCUT2D eigenvalue weighted by Crippen LogP contribution is 2.37. The fraction of sp³-hybridized carbons (Fsp3) is 0.286. The molecule has 27 heavy (non-hydrogen) atoms. The van der Waals surface area contributed by atoms with Gasteiger partial charge in [-0.3, -0.25) is 0 Å². The van der Waals surface area contributed by atoms with Crippen molar-refractivity contribution in [2.45, 2.75) is 18.8 Å². The average molecular weight is 361 g/mol. The lowest BCUT2D eigenvalue weighted by molar-refractivity contribution is 0.474. The Morgan fingerprint density at radius 1 is 1.11 bits per heavy atom. The van der Waals surface area contributed by atoms with E-state index >= 15 is 0 Å². The van der Waals surface area contributed by atoms with Gasteiger partial charge in [0.25, 0.3) is 0 Å². The monoisotopic (exact) mass is 361 g/mol.